The van der Waals surface area contributed by atoms with Gasteiger partial charge in [0.05, 0.1) is 18.4 Å². The summed E-state index contributed by atoms with van der Waals surface area (Å²) in [5.74, 6) is -0.153. The zero-order chi connectivity index (χ0) is 13.6. The van der Waals surface area contributed by atoms with E-state index < -0.39 is 10.0 Å². The van der Waals surface area contributed by atoms with Crippen molar-refractivity contribution >= 4 is 32.4 Å². The van der Waals surface area contributed by atoms with E-state index in [1.54, 1.807) is 5.38 Å². The van der Waals surface area contributed by atoms with Gasteiger partial charge in [0.25, 0.3) is 0 Å². The molecule has 0 aromatic carbocycles. The van der Waals surface area contributed by atoms with E-state index in [0.29, 0.717) is 30.3 Å². The Balaban J connectivity index is 2.14. The van der Waals surface area contributed by atoms with Crippen molar-refractivity contribution in [2.45, 2.75) is 12.8 Å². The standard InChI is InChI=1S/C9H16N4O3S2/c1-18(15,16)12-4-2-3-11-8(14)5-7-6-17-9(10)13-7/h6,12H,2-5H2,1H3,(H2,10,13)(H,11,14). The summed E-state index contributed by atoms with van der Waals surface area (Å²) >= 11 is 1.29. The highest BCUT2D eigenvalue weighted by molar-refractivity contribution is 7.88. The van der Waals surface area contributed by atoms with Crippen molar-refractivity contribution in [2.75, 3.05) is 25.1 Å². The second-order valence-corrected chi connectivity index (χ2v) is 6.45. The lowest BCUT2D eigenvalue weighted by Crippen LogP contribution is -2.30. The number of hydrogen-bond acceptors (Lipinski definition) is 6. The summed E-state index contributed by atoms with van der Waals surface area (Å²) < 4.78 is 23.9. The van der Waals surface area contributed by atoms with E-state index >= 15 is 0 Å². The molecule has 0 bridgehead atoms. The third-order valence-corrected chi connectivity index (χ3v) is 3.40. The van der Waals surface area contributed by atoms with E-state index in [9.17, 15) is 13.2 Å². The van der Waals surface area contributed by atoms with E-state index in [2.05, 4.69) is 15.0 Å². The number of nitrogens with two attached hydrogens (primary N) is 1. The minimum absolute atomic E-state index is 0.153. The molecule has 102 valence electrons. The summed E-state index contributed by atoms with van der Waals surface area (Å²) in [6.45, 7) is 0.726. The molecule has 1 rings (SSSR count). The van der Waals surface area contributed by atoms with Crippen LogP contribution < -0.4 is 15.8 Å². The third-order valence-electron chi connectivity index (χ3n) is 1.95. The molecule has 4 N–H and O–H groups in total. The lowest BCUT2D eigenvalue weighted by Gasteiger charge is -2.04. The molecule has 7 nitrogen and oxygen atoms in total. The van der Waals surface area contributed by atoms with Gasteiger partial charge < -0.3 is 11.1 Å². The summed E-state index contributed by atoms with van der Waals surface area (Å²) in [4.78, 5) is 15.4. The largest absolute Gasteiger partial charge is 0.375 e. The summed E-state index contributed by atoms with van der Waals surface area (Å²) in [7, 11) is -3.16. The summed E-state index contributed by atoms with van der Waals surface area (Å²) in [6, 6.07) is 0. The highest BCUT2D eigenvalue weighted by atomic mass is 32.2. The molecule has 0 saturated heterocycles. The summed E-state index contributed by atoms with van der Waals surface area (Å²) in [5.41, 5.74) is 6.09. The average molecular weight is 292 g/mol. The number of nitrogens with zero attached hydrogens (tertiary/aromatic N) is 1. The minimum atomic E-state index is -3.16. The molecular weight excluding hydrogens is 276 g/mol. The first-order valence-electron chi connectivity index (χ1n) is 5.28. The van der Waals surface area contributed by atoms with Crippen molar-refractivity contribution in [3.63, 3.8) is 0 Å². The molecule has 0 saturated carbocycles. The van der Waals surface area contributed by atoms with Crippen LogP contribution in [-0.4, -0.2) is 38.7 Å². The maximum Gasteiger partial charge on any atom is 0.226 e. The van der Waals surface area contributed by atoms with Crippen molar-refractivity contribution < 1.29 is 13.2 Å². The molecule has 1 heterocycles. The smallest absolute Gasteiger partial charge is 0.226 e. The lowest BCUT2D eigenvalue weighted by atomic mass is 10.3. The van der Waals surface area contributed by atoms with Crippen LogP contribution >= 0.6 is 11.3 Å². The summed E-state index contributed by atoms with van der Waals surface area (Å²) in [5, 5.41) is 4.85. The van der Waals surface area contributed by atoms with Crippen LogP contribution in [0, 0.1) is 0 Å². The van der Waals surface area contributed by atoms with Gasteiger partial charge in [-0.1, -0.05) is 0 Å². The van der Waals surface area contributed by atoms with Gasteiger partial charge in [-0.2, -0.15) is 0 Å². The van der Waals surface area contributed by atoms with Gasteiger partial charge in [-0.25, -0.2) is 18.1 Å². The number of thiazole rings is 1. The molecule has 1 aromatic heterocycles. The van der Waals surface area contributed by atoms with Gasteiger partial charge in [0.2, 0.25) is 15.9 Å². The zero-order valence-corrected chi connectivity index (χ0v) is 11.6. The molecule has 0 aliphatic carbocycles. The third kappa shape index (κ3) is 6.52. The molecule has 0 spiro atoms. The van der Waals surface area contributed by atoms with Gasteiger partial charge >= 0.3 is 0 Å². The summed E-state index contributed by atoms with van der Waals surface area (Å²) in [6.07, 6.45) is 1.82. The number of carbonyl (C=O) groups is 1. The fourth-order valence-corrected chi connectivity index (χ4v) is 2.28. The quantitative estimate of drug-likeness (QED) is 0.576. The second-order valence-electron chi connectivity index (χ2n) is 3.72. The lowest BCUT2D eigenvalue weighted by molar-refractivity contribution is -0.120. The first kappa shape index (κ1) is 14.9. The van der Waals surface area contributed by atoms with E-state index in [-0.39, 0.29) is 12.3 Å². The number of carbonyl (C=O) groups excluding carboxylic acids is 1. The SMILES string of the molecule is CS(=O)(=O)NCCCNC(=O)Cc1csc(N)n1. The van der Waals surface area contributed by atoms with Crippen molar-refractivity contribution in [1.29, 1.82) is 0 Å². The van der Waals surface area contributed by atoms with Crippen LogP contribution in [0.15, 0.2) is 5.38 Å². The second kappa shape index (κ2) is 6.66. The Morgan fingerprint density at radius 1 is 1.50 bits per heavy atom. The Kier molecular flexibility index (Phi) is 5.51. The molecule has 18 heavy (non-hydrogen) atoms. The van der Waals surface area contributed by atoms with Crippen LogP contribution in [0.4, 0.5) is 5.13 Å². The van der Waals surface area contributed by atoms with Crippen LogP contribution in [0.25, 0.3) is 0 Å². The first-order valence-corrected chi connectivity index (χ1v) is 8.05. The number of hydrogen-bond donors (Lipinski definition) is 3. The van der Waals surface area contributed by atoms with Crippen molar-refractivity contribution in [2.24, 2.45) is 0 Å². The number of nitrogens with one attached hydrogen (secondary N) is 2. The van der Waals surface area contributed by atoms with Crippen LogP contribution in [0.2, 0.25) is 0 Å². The van der Waals surface area contributed by atoms with Gasteiger partial charge in [0, 0.05) is 18.5 Å². The van der Waals surface area contributed by atoms with Crippen LogP contribution in [0.5, 0.6) is 0 Å². The van der Waals surface area contributed by atoms with E-state index in [4.69, 9.17) is 5.73 Å². The number of sulfonamides is 1. The molecule has 0 unspecified atom stereocenters. The Bertz CT molecular complexity index is 498. The van der Waals surface area contributed by atoms with Gasteiger partial charge in [-0.3, -0.25) is 4.79 Å². The van der Waals surface area contributed by atoms with Crippen LogP contribution in [-0.2, 0) is 21.2 Å². The maximum atomic E-state index is 11.5. The number of nitrogen functional groups attached to an aromatic ring is 1. The van der Waals surface area contributed by atoms with Crippen molar-refractivity contribution in [3.8, 4) is 0 Å². The zero-order valence-electron chi connectivity index (χ0n) is 9.97. The van der Waals surface area contributed by atoms with Gasteiger partial charge in [0.15, 0.2) is 5.13 Å². The Labute approximate surface area is 110 Å². The molecule has 0 radical (unpaired) electrons. The molecule has 0 aliphatic heterocycles. The predicted molar refractivity (Wildman–Crippen MR) is 70.7 cm³/mol. The first-order chi connectivity index (χ1) is 8.37. The van der Waals surface area contributed by atoms with Gasteiger partial charge in [-0.05, 0) is 6.42 Å². The normalized spacial score (nSPS) is 11.4. The topological polar surface area (TPSA) is 114 Å². The highest BCUT2D eigenvalue weighted by Gasteiger charge is 2.06. The van der Waals surface area contributed by atoms with Crippen LogP contribution in [0.1, 0.15) is 12.1 Å². The Morgan fingerprint density at radius 2 is 2.22 bits per heavy atom. The monoisotopic (exact) mass is 292 g/mol. The molecule has 1 aromatic rings. The Morgan fingerprint density at radius 3 is 2.78 bits per heavy atom. The molecule has 1 amide bonds. The van der Waals surface area contributed by atoms with E-state index in [1.807, 2.05) is 0 Å². The number of aromatic nitrogens is 1. The maximum absolute atomic E-state index is 11.5. The Hall–Kier alpha value is -1.19. The van der Waals surface area contributed by atoms with Crippen molar-refractivity contribution in [1.82, 2.24) is 15.0 Å². The van der Waals surface area contributed by atoms with E-state index in [0.717, 1.165) is 6.26 Å². The minimum Gasteiger partial charge on any atom is -0.375 e. The molecule has 9 heteroatoms. The fraction of sp³-hybridized carbons (Fsp3) is 0.556. The molecule has 0 fully saturated rings. The number of rotatable bonds is 7. The predicted octanol–water partition coefficient (Wildman–Crippen LogP) is -0.677. The highest BCUT2D eigenvalue weighted by Crippen LogP contribution is 2.11. The number of amides is 1. The molecule has 0 aliphatic rings. The van der Waals surface area contributed by atoms with E-state index in [1.165, 1.54) is 11.3 Å². The van der Waals surface area contributed by atoms with Gasteiger partial charge in [-0.15, -0.1) is 11.3 Å². The van der Waals surface area contributed by atoms with Crippen molar-refractivity contribution in [3.05, 3.63) is 11.1 Å². The van der Waals surface area contributed by atoms with Crippen LogP contribution in [0.3, 0.4) is 0 Å². The molecule has 0 atom stereocenters. The molecular formula is C9H16N4O3S2. The average Bonchev–Trinajstić information content (AvgIpc) is 2.61. The number of anilines is 1. The van der Waals surface area contributed by atoms with Gasteiger partial charge in [0.1, 0.15) is 0 Å². The fourth-order valence-electron chi connectivity index (χ4n) is 1.20.